The lowest BCUT2D eigenvalue weighted by molar-refractivity contribution is -0.138. The predicted octanol–water partition coefficient (Wildman–Crippen LogP) is 1.80. The van der Waals surface area contributed by atoms with Gasteiger partial charge in [0, 0.05) is 0 Å². The van der Waals surface area contributed by atoms with Crippen molar-refractivity contribution in [1.29, 1.82) is 0 Å². The van der Waals surface area contributed by atoms with Gasteiger partial charge in [0.1, 0.15) is 5.75 Å². The zero-order valence-electron chi connectivity index (χ0n) is 13.9. The van der Waals surface area contributed by atoms with E-state index in [0.717, 1.165) is 19.3 Å². The summed E-state index contributed by atoms with van der Waals surface area (Å²) in [5, 5.41) is 0. The minimum atomic E-state index is -3.87. The number of hydrogen-bond donors (Lipinski definition) is 2. The highest BCUT2D eigenvalue weighted by Crippen LogP contribution is 2.56. The van der Waals surface area contributed by atoms with E-state index in [4.69, 9.17) is 10.5 Å². The van der Waals surface area contributed by atoms with Crippen LogP contribution in [-0.4, -0.2) is 28.0 Å². The van der Waals surface area contributed by atoms with Crippen LogP contribution in [0.2, 0.25) is 0 Å². The lowest BCUT2D eigenvalue weighted by Crippen LogP contribution is -2.53. The molecule has 4 rings (SSSR count). The van der Waals surface area contributed by atoms with Crippen LogP contribution >= 0.6 is 0 Å². The summed E-state index contributed by atoms with van der Waals surface area (Å²) in [4.78, 5) is 12.8. The Bertz CT molecular complexity index is 703. The summed E-state index contributed by atoms with van der Waals surface area (Å²) in [6.07, 6.45) is 4.86. The van der Waals surface area contributed by atoms with Gasteiger partial charge in [-0.2, -0.15) is 0 Å². The second-order valence-electron chi connectivity index (χ2n) is 7.09. The Morgan fingerprint density at radius 2 is 1.67 bits per heavy atom. The molecule has 3 fully saturated rings. The summed E-state index contributed by atoms with van der Waals surface area (Å²) in [5.74, 6) is 0.195. The van der Waals surface area contributed by atoms with E-state index in [2.05, 4.69) is 4.72 Å². The first-order chi connectivity index (χ1) is 11.3. The molecule has 3 aliphatic carbocycles. The van der Waals surface area contributed by atoms with Gasteiger partial charge in [0.25, 0.3) is 10.0 Å². The molecule has 0 heterocycles. The highest BCUT2D eigenvalue weighted by Gasteiger charge is 2.52. The molecular weight excluding hydrogens is 328 g/mol. The van der Waals surface area contributed by atoms with E-state index in [1.165, 1.54) is 19.2 Å². The maximum atomic E-state index is 12.7. The van der Waals surface area contributed by atoms with Gasteiger partial charge < -0.3 is 10.5 Å². The van der Waals surface area contributed by atoms with Gasteiger partial charge in [-0.25, -0.2) is 13.1 Å². The number of benzene rings is 1. The monoisotopic (exact) mass is 352 g/mol. The Morgan fingerprint density at radius 1 is 1.12 bits per heavy atom. The van der Waals surface area contributed by atoms with Crippen LogP contribution in [0.5, 0.6) is 5.75 Å². The van der Waals surface area contributed by atoms with Crippen molar-refractivity contribution in [2.45, 2.75) is 43.4 Å². The molecule has 0 atom stereocenters. The van der Waals surface area contributed by atoms with Gasteiger partial charge in [0.15, 0.2) is 0 Å². The SMILES string of the molecule is COc1ccc(S(=O)(=O)NC(=O)C23CCC(CN)(CC2)CC3)cc1. The number of carbonyl (C=O) groups is 1. The van der Waals surface area contributed by atoms with Gasteiger partial charge in [0.05, 0.1) is 17.4 Å². The fourth-order valence-electron chi connectivity index (χ4n) is 3.95. The summed E-state index contributed by atoms with van der Waals surface area (Å²) in [6, 6.07) is 6.00. The largest absolute Gasteiger partial charge is 0.497 e. The molecule has 0 radical (unpaired) electrons. The van der Waals surface area contributed by atoms with E-state index in [9.17, 15) is 13.2 Å². The molecule has 2 bridgehead atoms. The third-order valence-electron chi connectivity index (χ3n) is 5.91. The van der Waals surface area contributed by atoms with Crippen molar-refractivity contribution >= 4 is 15.9 Å². The number of nitrogens with two attached hydrogens (primary N) is 1. The molecule has 3 saturated carbocycles. The van der Waals surface area contributed by atoms with Crippen molar-refractivity contribution in [1.82, 2.24) is 4.72 Å². The van der Waals surface area contributed by atoms with Crippen LogP contribution in [-0.2, 0) is 14.8 Å². The number of hydrogen-bond acceptors (Lipinski definition) is 5. The standard InChI is InChI=1S/C17H24N2O4S/c1-23-13-2-4-14(5-3-13)24(21,22)19-15(20)17-9-6-16(12-18,7-10-17)8-11-17/h2-5H,6-12,18H2,1H3,(H,19,20). The summed E-state index contributed by atoms with van der Waals surface area (Å²) in [5.41, 5.74) is 5.49. The zero-order valence-corrected chi connectivity index (χ0v) is 14.7. The smallest absolute Gasteiger partial charge is 0.264 e. The number of ether oxygens (including phenoxy) is 1. The maximum Gasteiger partial charge on any atom is 0.264 e. The average molecular weight is 352 g/mol. The predicted molar refractivity (Wildman–Crippen MR) is 89.9 cm³/mol. The molecule has 1 amide bonds. The molecule has 0 saturated heterocycles. The minimum absolute atomic E-state index is 0.0657. The highest BCUT2D eigenvalue weighted by atomic mass is 32.2. The first-order valence-corrected chi connectivity index (χ1v) is 9.75. The number of carbonyl (C=O) groups excluding carboxylic acids is 1. The third-order valence-corrected chi connectivity index (χ3v) is 7.26. The lowest BCUT2D eigenvalue weighted by Gasteiger charge is -2.52. The molecule has 1 aromatic rings. The van der Waals surface area contributed by atoms with E-state index in [0.29, 0.717) is 31.6 Å². The van der Waals surface area contributed by atoms with E-state index in [-0.39, 0.29) is 16.2 Å². The number of sulfonamides is 1. The molecule has 0 unspecified atom stereocenters. The van der Waals surface area contributed by atoms with Gasteiger partial charge in [0.2, 0.25) is 5.91 Å². The van der Waals surface area contributed by atoms with Crippen LogP contribution in [0.15, 0.2) is 29.2 Å². The van der Waals surface area contributed by atoms with E-state index in [1.807, 2.05) is 0 Å². The summed E-state index contributed by atoms with van der Waals surface area (Å²) < 4.78 is 32.3. The Kier molecular flexibility index (Phi) is 4.34. The van der Waals surface area contributed by atoms with Crippen molar-refractivity contribution in [2.75, 3.05) is 13.7 Å². The van der Waals surface area contributed by atoms with E-state index >= 15 is 0 Å². The molecular formula is C17H24N2O4S. The van der Waals surface area contributed by atoms with Crippen LogP contribution in [0.25, 0.3) is 0 Å². The molecule has 3 N–H and O–H groups in total. The van der Waals surface area contributed by atoms with Crippen molar-refractivity contribution in [2.24, 2.45) is 16.6 Å². The number of rotatable bonds is 5. The molecule has 24 heavy (non-hydrogen) atoms. The quantitative estimate of drug-likeness (QED) is 0.842. The van der Waals surface area contributed by atoms with Gasteiger partial charge >= 0.3 is 0 Å². The normalized spacial score (nSPS) is 29.2. The van der Waals surface area contributed by atoms with Gasteiger partial charge in [-0.15, -0.1) is 0 Å². The molecule has 132 valence electrons. The highest BCUT2D eigenvalue weighted by molar-refractivity contribution is 7.90. The minimum Gasteiger partial charge on any atom is -0.497 e. The van der Waals surface area contributed by atoms with Gasteiger partial charge in [-0.1, -0.05) is 0 Å². The summed E-state index contributed by atoms with van der Waals surface area (Å²) >= 11 is 0. The van der Waals surface area contributed by atoms with E-state index in [1.54, 1.807) is 12.1 Å². The Labute approximate surface area is 142 Å². The summed E-state index contributed by atoms with van der Waals surface area (Å²) in [7, 11) is -2.35. The maximum absolute atomic E-state index is 12.7. The number of nitrogens with one attached hydrogen (secondary N) is 1. The fraction of sp³-hybridized carbons (Fsp3) is 0.588. The van der Waals surface area contributed by atoms with Gasteiger partial charge in [-0.05, 0) is 74.8 Å². The topological polar surface area (TPSA) is 98.5 Å². The molecule has 0 spiro atoms. The zero-order chi connectivity index (χ0) is 17.4. The fourth-order valence-corrected chi connectivity index (χ4v) is 5.03. The van der Waals surface area contributed by atoms with Crippen molar-refractivity contribution < 1.29 is 17.9 Å². The molecule has 3 aliphatic rings. The second-order valence-corrected chi connectivity index (χ2v) is 8.78. The van der Waals surface area contributed by atoms with E-state index < -0.39 is 15.4 Å². The Balaban J connectivity index is 1.74. The number of amides is 1. The third kappa shape index (κ3) is 2.91. The molecule has 7 heteroatoms. The average Bonchev–Trinajstić information content (AvgIpc) is 2.63. The van der Waals surface area contributed by atoms with Crippen LogP contribution < -0.4 is 15.2 Å². The van der Waals surface area contributed by atoms with Crippen molar-refractivity contribution in [3.8, 4) is 5.75 Å². The van der Waals surface area contributed by atoms with Crippen LogP contribution in [0, 0.1) is 10.8 Å². The molecule has 1 aromatic carbocycles. The van der Waals surface area contributed by atoms with Crippen molar-refractivity contribution in [3.63, 3.8) is 0 Å². The first-order valence-electron chi connectivity index (χ1n) is 8.26. The van der Waals surface area contributed by atoms with Gasteiger partial charge in [-0.3, -0.25) is 4.79 Å². The van der Waals surface area contributed by atoms with Crippen LogP contribution in [0.4, 0.5) is 0 Å². The molecule has 0 aromatic heterocycles. The molecule has 6 nitrogen and oxygen atoms in total. The van der Waals surface area contributed by atoms with Crippen molar-refractivity contribution in [3.05, 3.63) is 24.3 Å². The number of methoxy groups -OCH3 is 1. The Morgan fingerprint density at radius 3 is 2.12 bits per heavy atom. The lowest BCUT2D eigenvalue weighted by atomic mass is 9.53. The summed E-state index contributed by atoms with van der Waals surface area (Å²) in [6.45, 7) is 0.648. The van der Waals surface area contributed by atoms with Crippen LogP contribution in [0.1, 0.15) is 38.5 Å². The first kappa shape index (κ1) is 17.2. The van der Waals surface area contributed by atoms with Crippen LogP contribution in [0.3, 0.4) is 0 Å². The number of fused-ring (bicyclic) bond motifs is 3. The second kappa shape index (κ2) is 6.04. The Hall–Kier alpha value is -1.60. The molecule has 0 aliphatic heterocycles.